The molecule has 0 saturated heterocycles. The number of fused-ring (bicyclic) bond motifs is 6. The Bertz CT molecular complexity index is 948. The summed E-state index contributed by atoms with van der Waals surface area (Å²) in [6.07, 6.45) is 12.0. The summed E-state index contributed by atoms with van der Waals surface area (Å²) in [6.45, 7) is 7.13. The Balaban J connectivity index is 1.33. The lowest BCUT2D eigenvalue weighted by atomic mass is 9.45. The fraction of sp³-hybridized carbons (Fsp3) is 0.667. The van der Waals surface area contributed by atoms with Crippen molar-refractivity contribution in [3.63, 3.8) is 0 Å². The van der Waals surface area contributed by atoms with Crippen molar-refractivity contribution in [2.24, 2.45) is 34.5 Å². The minimum atomic E-state index is -0.104. The van der Waals surface area contributed by atoms with Crippen LogP contribution in [-0.4, -0.2) is 5.78 Å². The second kappa shape index (κ2) is 6.91. The van der Waals surface area contributed by atoms with Gasteiger partial charge in [0, 0.05) is 20.8 Å². The van der Waals surface area contributed by atoms with E-state index in [0.717, 1.165) is 30.6 Å². The van der Waals surface area contributed by atoms with Gasteiger partial charge in [-0.25, -0.2) is 0 Å². The van der Waals surface area contributed by atoms with Crippen molar-refractivity contribution in [1.82, 2.24) is 0 Å². The maximum atomic E-state index is 13.8. The van der Waals surface area contributed by atoms with Crippen LogP contribution in [0.2, 0.25) is 0 Å². The molecule has 1 nitrogen and oxygen atoms in total. The molecule has 0 radical (unpaired) electrons. The molecule has 0 unspecified atom stereocenters. The van der Waals surface area contributed by atoms with Crippen molar-refractivity contribution >= 4 is 29.3 Å². The van der Waals surface area contributed by atoms with E-state index in [0.29, 0.717) is 17.1 Å². The molecule has 5 aliphatic rings. The summed E-state index contributed by atoms with van der Waals surface area (Å²) in [5, 5.41) is 0. The zero-order valence-electron chi connectivity index (χ0n) is 18.6. The normalized spacial score (nSPS) is 45.0. The number of carbonyl (C=O) groups is 1. The van der Waals surface area contributed by atoms with E-state index in [2.05, 4.69) is 39.0 Å². The predicted octanol–water partition coefficient (Wildman–Crippen LogP) is 8.02. The number of hydrogen-bond acceptors (Lipinski definition) is 3. The van der Waals surface area contributed by atoms with Gasteiger partial charge in [0.2, 0.25) is 0 Å². The standard InChI is InChI=1S/C27H34OS2/c1-16-7-10-22-23(14-16)30-25(29-22)19-15-21-18-9-8-17-6-4-5-12-26(17,2)20(18)11-13-27(21,3)24(19)28/h7,10,14,17-18,20-21H,4-6,8-9,11-13,15H2,1-3H3/b25-19-/t17-,18-,20-,21-,26+,27+/m1/s1. The van der Waals surface area contributed by atoms with Gasteiger partial charge >= 0.3 is 0 Å². The Kier molecular flexibility index (Phi) is 4.60. The first-order chi connectivity index (χ1) is 14.4. The first-order valence-electron chi connectivity index (χ1n) is 12.1. The summed E-state index contributed by atoms with van der Waals surface area (Å²) < 4.78 is 1.30. The molecule has 1 aromatic rings. The average molecular weight is 439 g/mol. The van der Waals surface area contributed by atoms with E-state index in [-0.39, 0.29) is 5.41 Å². The summed E-state index contributed by atoms with van der Waals surface area (Å²) >= 11 is 3.72. The van der Waals surface area contributed by atoms with Gasteiger partial charge in [0.15, 0.2) is 5.78 Å². The van der Waals surface area contributed by atoms with Gasteiger partial charge in [0.25, 0.3) is 0 Å². The molecule has 1 aromatic carbocycles. The molecule has 0 spiro atoms. The molecule has 160 valence electrons. The van der Waals surface area contributed by atoms with Crippen LogP contribution in [0.3, 0.4) is 0 Å². The molecule has 1 aliphatic heterocycles. The van der Waals surface area contributed by atoms with E-state index in [1.165, 1.54) is 70.1 Å². The van der Waals surface area contributed by atoms with Crippen LogP contribution in [0.25, 0.3) is 0 Å². The summed E-state index contributed by atoms with van der Waals surface area (Å²) in [4.78, 5) is 16.5. The highest BCUT2D eigenvalue weighted by molar-refractivity contribution is 8.24. The minimum absolute atomic E-state index is 0.104. The predicted molar refractivity (Wildman–Crippen MR) is 127 cm³/mol. The molecule has 6 atom stereocenters. The van der Waals surface area contributed by atoms with E-state index in [1.54, 1.807) is 0 Å². The quantitative estimate of drug-likeness (QED) is 0.382. The number of hydrogen-bond donors (Lipinski definition) is 0. The molecule has 3 heteroatoms. The van der Waals surface area contributed by atoms with Crippen LogP contribution in [0.1, 0.15) is 77.2 Å². The highest BCUT2D eigenvalue weighted by Gasteiger charge is 2.61. The second-order valence-electron chi connectivity index (χ2n) is 11.3. The average Bonchev–Trinajstić information content (AvgIpc) is 3.25. The van der Waals surface area contributed by atoms with E-state index in [4.69, 9.17) is 0 Å². The molecular formula is C27H34OS2. The van der Waals surface area contributed by atoms with Gasteiger partial charge in [0.1, 0.15) is 0 Å². The van der Waals surface area contributed by atoms with Crippen LogP contribution >= 0.6 is 23.5 Å². The highest BCUT2D eigenvalue weighted by Crippen LogP contribution is 2.67. The van der Waals surface area contributed by atoms with E-state index >= 15 is 0 Å². The zero-order chi connectivity index (χ0) is 20.7. The van der Waals surface area contributed by atoms with Gasteiger partial charge < -0.3 is 0 Å². The van der Waals surface area contributed by atoms with Crippen LogP contribution < -0.4 is 0 Å². The number of allylic oxidation sites excluding steroid dienone is 1. The van der Waals surface area contributed by atoms with Crippen molar-refractivity contribution in [2.45, 2.75) is 88.3 Å². The number of rotatable bonds is 0. The maximum Gasteiger partial charge on any atom is 0.166 e. The lowest BCUT2D eigenvalue weighted by Gasteiger charge is -2.59. The summed E-state index contributed by atoms with van der Waals surface area (Å²) in [5.74, 6) is 3.66. The third kappa shape index (κ3) is 2.73. The van der Waals surface area contributed by atoms with Crippen molar-refractivity contribution in [1.29, 1.82) is 0 Å². The van der Waals surface area contributed by atoms with Crippen molar-refractivity contribution in [2.75, 3.05) is 0 Å². The molecule has 0 aromatic heterocycles. The Hall–Kier alpha value is -0.670. The van der Waals surface area contributed by atoms with Crippen molar-refractivity contribution < 1.29 is 4.79 Å². The lowest BCUT2D eigenvalue weighted by Crippen LogP contribution is -2.52. The number of thioether (sulfide) groups is 2. The van der Waals surface area contributed by atoms with E-state index in [1.807, 2.05) is 23.5 Å². The Morgan fingerprint density at radius 1 is 0.933 bits per heavy atom. The Morgan fingerprint density at radius 3 is 2.63 bits per heavy atom. The maximum absolute atomic E-state index is 13.8. The molecule has 4 saturated carbocycles. The van der Waals surface area contributed by atoms with E-state index < -0.39 is 0 Å². The first-order valence-corrected chi connectivity index (χ1v) is 13.8. The van der Waals surface area contributed by atoms with Gasteiger partial charge in [-0.05, 0) is 98.7 Å². The molecule has 4 fully saturated rings. The van der Waals surface area contributed by atoms with Gasteiger partial charge in [0.05, 0.1) is 4.24 Å². The first kappa shape index (κ1) is 20.0. The topological polar surface area (TPSA) is 17.1 Å². The Labute approximate surface area is 190 Å². The van der Waals surface area contributed by atoms with Gasteiger partial charge in [-0.2, -0.15) is 0 Å². The van der Waals surface area contributed by atoms with Crippen molar-refractivity contribution in [3.8, 4) is 0 Å². The fourth-order valence-corrected chi connectivity index (χ4v) is 10.9. The van der Waals surface area contributed by atoms with Crippen LogP contribution in [0.4, 0.5) is 0 Å². The number of Topliss-reactive ketones (excluding diaryl/α,β-unsaturated/α-hetero) is 1. The van der Waals surface area contributed by atoms with E-state index in [9.17, 15) is 4.79 Å². The summed E-state index contributed by atoms with van der Waals surface area (Å²) in [5.41, 5.74) is 2.94. The van der Waals surface area contributed by atoms with Gasteiger partial charge in [-0.3, -0.25) is 4.79 Å². The molecule has 0 N–H and O–H groups in total. The SMILES string of the molecule is Cc1ccc2c(c1)S/C(=C1/C[C@@H]3[C@@H]4CC[C@H]5CCCC[C@]5(C)[C@@H]4CC[C@]3(C)C1=O)S2. The van der Waals surface area contributed by atoms with Crippen molar-refractivity contribution in [3.05, 3.63) is 33.6 Å². The molecule has 0 amide bonds. The molecule has 0 bridgehead atoms. The third-order valence-corrected chi connectivity index (χ3v) is 12.6. The van der Waals surface area contributed by atoms with Crippen LogP contribution in [-0.2, 0) is 4.79 Å². The molecular weight excluding hydrogens is 404 g/mol. The number of benzene rings is 1. The monoisotopic (exact) mass is 438 g/mol. The van der Waals surface area contributed by atoms with Gasteiger partial charge in [-0.15, -0.1) is 0 Å². The minimum Gasteiger partial charge on any atom is -0.294 e. The number of aryl methyl sites for hydroxylation is 1. The lowest BCUT2D eigenvalue weighted by molar-refractivity contribution is -0.137. The van der Waals surface area contributed by atoms with Crippen LogP contribution in [0.5, 0.6) is 0 Å². The summed E-state index contributed by atoms with van der Waals surface area (Å²) in [6, 6.07) is 6.73. The molecule has 4 aliphatic carbocycles. The van der Waals surface area contributed by atoms with Crippen LogP contribution in [0.15, 0.2) is 37.8 Å². The molecule has 1 heterocycles. The third-order valence-electron chi connectivity index (χ3n) is 9.94. The largest absolute Gasteiger partial charge is 0.294 e. The zero-order valence-corrected chi connectivity index (χ0v) is 20.3. The molecule has 6 rings (SSSR count). The fourth-order valence-electron chi connectivity index (χ4n) is 8.23. The smallest absolute Gasteiger partial charge is 0.166 e. The number of ketones is 1. The van der Waals surface area contributed by atoms with Gasteiger partial charge in [-0.1, -0.05) is 56.3 Å². The molecule has 30 heavy (non-hydrogen) atoms. The highest BCUT2D eigenvalue weighted by atomic mass is 32.2. The summed E-state index contributed by atoms with van der Waals surface area (Å²) in [7, 11) is 0. The Morgan fingerprint density at radius 2 is 1.77 bits per heavy atom. The second-order valence-corrected chi connectivity index (χ2v) is 13.7. The number of carbonyl (C=O) groups excluding carboxylic acids is 1. The van der Waals surface area contributed by atoms with Crippen LogP contribution in [0, 0.1) is 41.4 Å².